The molecule has 0 atom stereocenters. The van der Waals surface area contributed by atoms with E-state index >= 15 is 0 Å². The van der Waals surface area contributed by atoms with Crippen molar-refractivity contribution in [2.24, 2.45) is 5.10 Å². The van der Waals surface area contributed by atoms with Crippen LogP contribution in [0.5, 0.6) is 0 Å². The number of anilines is 2. The highest BCUT2D eigenvalue weighted by atomic mass is 35.5. The fourth-order valence-electron chi connectivity index (χ4n) is 2.01. The SMILES string of the molecule is Nn1c(N/N=C/c2ccc(Cl)cc2)nnc1SCC(=O)Nc1ccccc1. The van der Waals surface area contributed by atoms with E-state index in [1.54, 1.807) is 18.3 Å². The van der Waals surface area contributed by atoms with Gasteiger partial charge in [-0.15, -0.1) is 10.2 Å². The van der Waals surface area contributed by atoms with E-state index in [0.29, 0.717) is 10.2 Å². The second-order valence-corrected chi connectivity index (χ2v) is 6.68. The highest BCUT2D eigenvalue weighted by Crippen LogP contribution is 2.17. The molecule has 0 fully saturated rings. The zero-order valence-corrected chi connectivity index (χ0v) is 15.6. The highest BCUT2D eigenvalue weighted by Gasteiger charge is 2.12. The van der Waals surface area contributed by atoms with Crippen LogP contribution in [0.25, 0.3) is 0 Å². The quantitative estimate of drug-likeness (QED) is 0.243. The number of carbonyl (C=O) groups is 1. The van der Waals surface area contributed by atoms with Crippen LogP contribution in [0, 0.1) is 0 Å². The van der Waals surface area contributed by atoms with E-state index in [2.05, 4.69) is 26.0 Å². The van der Waals surface area contributed by atoms with Gasteiger partial charge in [-0.1, -0.05) is 53.7 Å². The first-order valence-corrected chi connectivity index (χ1v) is 9.21. The largest absolute Gasteiger partial charge is 0.334 e. The second-order valence-electron chi connectivity index (χ2n) is 5.30. The summed E-state index contributed by atoms with van der Waals surface area (Å²) in [4.78, 5) is 12.0. The molecule has 2 aromatic carbocycles. The maximum Gasteiger partial charge on any atom is 0.264 e. The number of hydrazone groups is 1. The third kappa shape index (κ3) is 5.47. The summed E-state index contributed by atoms with van der Waals surface area (Å²) in [5.74, 6) is 6.17. The molecule has 1 aromatic heterocycles. The van der Waals surface area contributed by atoms with Crippen molar-refractivity contribution < 1.29 is 4.79 Å². The molecular weight excluding hydrogens is 386 g/mol. The molecule has 0 radical (unpaired) electrons. The van der Waals surface area contributed by atoms with Crippen molar-refractivity contribution in [3.63, 3.8) is 0 Å². The van der Waals surface area contributed by atoms with Gasteiger partial charge in [0.25, 0.3) is 5.95 Å². The van der Waals surface area contributed by atoms with E-state index < -0.39 is 0 Å². The standard InChI is InChI=1S/C17H16ClN7OS/c18-13-8-6-12(7-9-13)10-20-22-16-23-24-17(25(16)19)27-11-15(26)21-14-4-2-1-3-5-14/h1-10H,11,19H2,(H,21,26)(H,22,23)/b20-10+. The number of rotatable bonds is 7. The van der Waals surface area contributed by atoms with Crippen molar-refractivity contribution in [1.82, 2.24) is 14.9 Å². The molecule has 0 bridgehead atoms. The number of halogens is 1. The van der Waals surface area contributed by atoms with E-state index in [1.807, 2.05) is 42.5 Å². The molecule has 3 aromatic rings. The van der Waals surface area contributed by atoms with Gasteiger partial charge in [0, 0.05) is 10.7 Å². The smallest absolute Gasteiger partial charge is 0.264 e. The number of nitrogens with zero attached hydrogens (tertiary/aromatic N) is 4. The first-order chi connectivity index (χ1) is 13.1. The normalized spacial score (nSPS) is 10.9. The molecule has 27 heavy (non-hydrogen) atoms. The second kappa shape index (κ2) is 9.06. The molecule has 0 aliphatic carbocycles. The van der Waals surface area contributed by atoms with Crippen LogP contribution < -0.4 is 16.6 Å². The predicted molar refractivity (Wildman–Crippen MR) is 109 cm³/mol. The van der Waals surface area contributed by atoms with Crippen molar-refractivity contribution in [2.45, 2.75) is 5.16 Å². The van der Waals surface area contributed by atoms with Gasteiger partial charge in [-0.05, 0) is 29.8 Å². The summed E-state index contributed by atoms with van der Waals surface area (Å²) < 4.78 is 1.24. The third-order valence-electron chi connectivity index (χ3n) is 3.30. The van der Waals surface area contributed by atoms with E-state index in [-0.39, 0.29) is 17.6 Å². The molecule has 1 amide bonds. The van der Waals surface area contributed by atoms with Crippen molar-refractivity contribution in [3.05, 3.63) is 65.2 Å². The first-order valence-electron chi connectivity index (χ1n) is 7.84. The highest BCUT2D eigenvalue weighted by molar-refractivity contribution is 7.99. The summed E-state index contributed by atoms with van der Waals surface area (Å²) in [6.07, 6.45) is 1.60. The molecule has 10 heteroatoms. The van der Waals surface area contributed by atoms with Gasteiger partial charge in [0.2, 0.25) is 11.1 Å². The topological polar surface area (TPSA) is 110 Å². The van der Waals surface area contributed by atoms with Gasteiger partial charge in [0.05, 0.1) is 12.0 Å². The molecule has 138 valence electrons. The Labute approximate surface area is 164 Å². The molecule has 3 rings (SSSR count). The number of nitrogens with two attached hydrogens (primary N) is 1. The number of nitrogen functional groups attached to an aromatic ring is 1. The van der Waals surface area contributed by atoms with Gasteiger partial charge >= 0.3 is 0 Å². The van der Waals surface area contributed by atoms with E-state index in [4.69, 9.17) is 17.4 Å². The Morgan fingerprint density at radius 1 is 1.19 bits per heavy atom. The van der Waals surface area contributed by atoms with Crippen LogP contribution in [0.3, 0.4) is 0 Å². The number of amides is 1. The monoisotopic (exact) mass is 401 g/mol. The minimum absolute atomic E-state index is 0.151. The zero-order chi connectivity index (χ0) is 19.1. The number of aromatic nitrogens is 3. The molecule has 0 saturated heterocycles. The van der Waals surface area contributed by atoms with Gasteiger partial charge in [0.1, 0.15) is 0 Å². The van der Waals surface area contributed by atoms with E-state index in [1.165, 1.54) is 16.4 Å². The Morgan fingerprint density at radius 3 is 2.67 bits per heavy atom. The molecule has 8 nitrogen and oxygen atoms in total. The van der Waals surface area contributed by atoms with Crippen LogP contribution in [-0.2, 0) is 4.79 Å². The number of nitrogens with one attached hydrogen (secondary N) is 2. The van der Waals surface area contributed by atoms with Crippen molar-refractivity contribution in [2.75, 3.05) is 22.3 Å². The maximum atomic E-state index is 12.0. The Morgan fingerprint density at radius 2 is 1.93 bits per heavy atom. The lowest BCUT2D eigenvalue weighted by Gasteiger charge is -2.05. The summed E-state index contributed by atoms with van der Waals surface area (Å²) in [7, 11) is 0. The van der Waals surface area contributed by atoms with Crippen molar-refractivity contribution >= 4 is 47.1 Å². The zero-order valence-electron chi connectivity index (χ0n) is 14.0. The fourth-order valence-corrected chi connectivity index (χ4v) is 2.80. The summed E-state index contributed by atoms with van der Waals surface area (Å²) in [5.41, 5.74) is 4.31. The molecule has 1 heterocycles. The predicted octanol–water partition coefficient (Wildman–Crippen LogP) is 2.82. The number of hydrogen-bond donors (Lipinski definition) is 3. The molecule has 0 aliphatic heterocycles. The molecule has 0 unspecified atom stereocenters. The summed E-state index contributed by atoms with van der Waals surface area (Å²) in [6.45, 7) is 0. The van der Waals surface area contributed by atoms with Gasteiger partial charge < -0.3 is 11.2 Å². The van der Waals surface area contributed by atoms with Gasteiger partial charge in [-0.25, -0.2) is 10.1 Å². The molecule has 0 saturated carbocycles. The number of carbonyl (C=O) groups excluding carboxylic acids is 1. The summed E-state index contributed by atoms with van der Waals surface area (Å²) >= 11 is 7.01. The number of hydrogen-bond acceptors (Lipinski definition) is 7. The maximum absolute atomic E-state index is 12.0. The van der Waals surface area contributed by atoms with Crippen molar-refractivity contribution in [3.8, 4) is 0 Å². The van der Waals surface area contributed by atoms with Crippen LogP contribution in [0.4, 0.5) is 11.6 Å². The van der Waals surface area contributed by atoms with Crippen LogP contribution in [-0.4, -0.2) is 32.7 Å². The Bertz CT molecular complexity index is 928. The molecule has 0 spiro atoms. The Balaban J connectivity index is 1.52. The molecule has 0 aliphatic rings. The lowest BCUT2D eigenvalue weighted by Crippen LogP contribution is -2.16. The van der Waals surface area contributed by atoms with Crippen LogP contribution in [0.2, 0.25) is 5.02 Å². The Kier molecular flexibility index (Phi) is 6.29. The van der Waals surface area contributed by atoms with Crippen LogP contribution in [0.1, 0.15) is 5.56 Å². The minimum atomic E-state index is -0.163. The first kappa shape index (κ1) is 18.7. The Hall–Kier alpha value is -3.04. The molecular formula is C17H16ClN7OS. The van der Waals surface area contributed by atoms with Crippen LogP contribution in [0.15, 0.2) is 64.9 Å². The third-order valence-corrected chi connectivity index (χ3v) is 4.50. The van der Waals surface area contributed by atoms with E-state index in [9.17, 15) is 4.79 Å². The number of benzene rings is 2. The average molecular weight is 402 g/mol. The molecule has 4 N–H and O–H groups in total. The fraction of sp³-hybridized carbons (Fsp3) is 0.0588. The number of thioether (sulfide) groups is 1. The lowest BCUT2D eigenvalue weighted by atomic mass is 10.2. The summed E-state index contributed by atoms with van der Waals surface area (Å²) in [5, 5.41) is 15.8. The number of para-hydroxylation sites is 1. The summed E-state index contributed by atoms with van der Waals surface area (Å²) in [6, 6.07) is 16.4. The van der Waals surface area contributed by atoms with Gasteiger partial charge in [-0.2, -0.15) is 5.10 Å². The lowest BCUT2D eigenvalue weighted by molar-refractivity contribution is -0.113. The van der Waals surface area contributed by atoms with Crippen molar-refractivity contribution in [1.29, 1.82) is 0 Å². The van der Waals surface area contributed by atoms with Gasteiger partial charge in [-0.3, -0.25) is 4.79 Å². The van der Waals surface area contributed by atoms with Crippen LogP contribution >= 0.6 is 23.4 Å². The van der Waals surface area contributed by atoms with E-state index in [0.717, 1.165) is 11.3 Å². The van der Waals surface area contributed by atoms with Gasteiger partial charge in [0.15, 0.2) is 0 Å². The minimum Gasteiger partial charge on any atom is -0.334 e. The average Bonchev–Trinajstić information content (AvgIpc) is 3.02.